The quantitative estimate of drug-likeness (QED) is 0.519. The lowest BCUT2D eigenvalue weighted by Gasteiger charge is -2.34. The number of benzene rings is 1. The zero-order chi connectivity index (χ0) is 18.8. The van der Waals surface area contributed by atoms with Crippen LogP contribution in [0, 0.1) is 5.92 Å². The number of nitrogens with one attached hydrogen (secondary N) is 2. The summed E-state index contributed by atoms with van der Waals surface area (Å²) in [7, 11) is 0. The molecule has 4 aliphatic rings. The minimum Gasteiger partial charge on any atom is -0.368 e. The van der Waals surface area contributed by atoms with Crippen molar-refractivity contribution in [3.05, 3.63) is 39.6 Å². The third kappa shape index (κ3) is 2.53. The van der Waals surface area contributed by atoms with Gasteiger partial charge in [-0.1, -0.05) is 28.4 Å². The van der Waals surface area contributed by atoms with Crippen LogP contribution < -0.4 is 15.5 Å². The van der Waals surface area contributed by atoms with E-state index in [2.05, 4.69) is 30.2 Å². The number of halogens is 2. The molecular formula is C19H18Cl2N6O. The Morgan fingerprint density at radius 3 is 2.93 bits per heavy atom. The van der Waals surface area contributed by atoms with Gasteiger partial charge >= 0.3 is 0 Å². The smallest absolute Gasteiger partial charge is 0.277 e. The van der Waals surface area contributed by atoms with Gasteiger partial charge in [0.1, 0.15) is 22.9 Å². The van der Waals surface area contributed by atoms with Crippen LogP contribution in [0.3, 0.4) is 0 Å². The molecule has 5 heterocycles. The van der Waals surface area contributed by atoms with Gasteiger partial charge in [-0.2, -0.15) is 4.98 Å². The summed E-state index contributed by atoms with van der Waals surface area (Å²) in [6.45, 7) is 4.55. The highest BCUT2D eigenvalue weighted by molar-refractivity contribution is 6.33. The Bertz CT molecular complexity index is 1090. The summed E-state index contributed by atoms with van der Waals surface area (Å²) in [5.41, 5.74) is 4.41. The fraction of sp³-hybridized carbons (Fsp3) is 0.368. The number of rotatable bonds is 5. The van der Waals surface area contributed by atoms with Crippen molar-refractivity contribution in [3.8, 4) is 17.3 Å². The van der Waals surface area contributed by atoms with Crippen LogP contribution in [0.5, 0.6) is 0 Å². The van der Waals surface area contributed by atoms with Crippen molar-refractivity contribution in [3.63, 3.8) is 0 Å². The normalized spacial score (nSPS) is 17.3. The third-order valence-electron chi connectivity index (χ3n) is 5.66. The average Bonchev–Trinajstić information content (AvgIpc) is 3.04. The lowest BCUT2D eigenvalue weighted by molar-refractivity contribution is 0.333. The van der Waals surface area contributed by atoms with Crippen molar-refractivity contribution in [2.75, 3.05) is 36.4 Å². The van der Waals surface area contributed by atoms with Gasteiger partial charge in [0.25, 0.3) is 5.89 Å². The summed E-state index contributed by atoms with van der Waals surface area (Å²) in [5, 5.41) is 12.3. The maximum absolute atomic E-state index is 6.37. The molecule has 1 saturated heterocycles. The van der Waals surface area contributed by atoms with Gasteiger partial charge in [-0.05, 0) is 42.8 Å². The molecule has 7 nitrogen and oxygen atoms in total. The predicted octanol–water partition coefficient (Wildman–Crippen LogP) is 3.34. The molecule has 0 unspecified atom stereocenters. The second kappa shape index (κ2) is 6.14. The Morgan fingerprint density at radius 1 is 1.21 bits per heavy atom. The fourth-order valence-electron chi connectivity index (χ4n) is 4.06. The first-order chi connectivity index (χ1) is 13.7. The zero-order valence-corrected chi connectivity index (χ0v) is 16.5. The van der Waals surface area contributed by atoms with Crippen LogP contribution in [-0.4, -0.2) is 40.9 Å². The second-order valence-electron chi connectivity index (χ2n) is 7.56. The monoisotopic (exact) mass is 416 g/mol. The maximum Gasteiger partial charge on any atom is 0.277 e. The van der Waals surface area contributed by atoms with Gasteiger partial charge in [0.05, 0.1) is 0 Å². The molecule has 0 saturated carbocycles. The highest BCUT2D eigenvalue weighted by Gasteiger charge is 2.45. The molecule has 1 aromatic heterocycles. The standard InChI is InChI=1S/C19H18Cl2N6O/c20-12-1-2-13(21)11(6-12)9-26-4-3-23-18-16(26)15-17(27(15)18)19-24-14(25-28-19)5-10-7-22-8-10/h1-2,6,10,22-23H,3-5,7-9H2. The Morgan fingerprint density at radius 2 is 2.11 bits per heavy atom. The highest BCUT2D eigenvalue weighted by Crippen LogP contribution is 2.58. The number of nitrogens with zero attached hydrogens (tertiary/aromatic N) is 4. The Balaban J connectivity index is 1.27. The van der Waals surface area contributed by atoms with Crippen molar-refractivity contribution in [2.45, 2.75) is 13.0 Å². The van der Waals surface area contributed by atoms with Crippen LogP contribution in [0.1, 0.15) is 11.4 Å². The van der Waals surface area contributed by atoms with Crippen LogP contribution in [-0.2, 0) is 13.0 Å². The van der Waals surface area contributed by atoms with Crippen LogP contribution in [0.15, 0.2) is 22.7 Å². The molecule has 0 bridgehead atoms. The molecule has 6 rings (SSSR count). The van der Waals surface area contributed by atoms with E-state index in [4.69, 9.17) is 27.7 Å². The fourth-order valence-corrected chi connectivity index (χ4v) is 4.44. The molecule has 28 heavy (non-hydrogen) atoms. The van der Waals surface area contributed by atoms with E-state index in [9.17, 15) is 0 Å². The Labute approximate surface area is 171 Å². The van der Waals surface area contributed by atoms with E-state index in [-0.39, 0.29) is 0 Å². The highest BCUT2D eigenvalue weighted by atomic mass is 35.5. The van der Waals surface area contributed by atoms with Gasteiger partial charge in [-0.25, -0.2) is 0 Å². The van der Waals surface area contributed by atoms with Crippen molar-refractivity contribution in [2.24, 2.45) is 5.92 Å². The first-order valence-electron chi connectivity index (χ1n) is 9.44. The Hall–Kier alpha value is -2.22. The van der Waals surface area contributed by atoms with Crippen LogP contribution in [0.25, 0.3) is 17.3 Å². The molecule has 0 aliphatic carbocycles. The average molecular weight is 417 g/mol. The Kier molecular flexibility index (Phi) is 3.66. The molecule has 1 fully saturated rings. The van der Waals surface area contributed by atoms with E-state index < -0.39 is 0 Å². The van der Waals surface area contributed by atoms with E-state index in [0.29, 0.717) is 23.4 Å². The van der Waals surface area contributed by atoms with Gasteiger partial charge in [-0.3, -0.25) is 4.57 Å². The van der Waals surface area contributed by atoms with Crippen molar-refractivity contribution < 1.29 is 4.52 Å². The second-order valence-corrected chi connectivity index (χ2v) is 8.40. The van der Waals surface area contributed by atoms with E-state index in [0.717, 1.165) is 60.5 Å². The zero-order valence-electron chi connectivity index (χ0n) is 15.0. The van der Waals surface area contributed by atoms with E-state index in [1.165, 1.54) is 11.4 Å². The lowest BCUT2D eigenvalue weighted by Crippen LogP contribution is -2.43. The topological polar surface area (TPSA) is 71.2 Å². The molecule has 2 N–H and O–H groups in total. The largest absolute Gasteiger partial charge is 0.368 e. The molecule has 0 radical (unpaired) electrons. The maximum atomic E-state index is 6.37. The van der Waals surface area contributed by atoms with Crippen molar-refractivity contribution >= 4 is 34.7 Å². The SMILES string of the molecule is Clc1ccc(Cl)c(CN2CCNc3c2c2c(-c4nc(CC5CNC5)no4)n3-2)c1. The number of fused-ring (bicyclic) bond motifs is 4. The van der Waals surface area contributed by atoms with Crippen LogP contribution in [0.2, 0.25) is 10.0 Å². The molecular weight excluding hydrogens is 399 g/mol. The number of hydrogen-bond donors (Lipinski definition) is 2. The molecule has 144 valence electrons. The van der Waals surface area contributed by atoms with Gasteiger partial charge < -0.3 is 20.1 Å². The molecule has 1 aromatic carbocycles. The number of anilines is 2. The summed E-state index contributed by atoms with van der Waals surface area (Å²) in [6, 6.07) is 5.60. The van der Waals surface area contributed by atoms with Crippen LogP contribution in [0.4, 0.5) is 11.5 Å². The van der Waals surface area contributed by atoms with E-state index >= 15 is 0 Å². The van der Waals surface area contributed by atoms with Gasteiger partial charge in [-0.15, -0.1) is 0 Å². The molecule has 2 aromatic rings. The van der Waals surface area contributed by atoms with E-state index in [1.807, 2.05) is 18.2 Å². The molecule has 0 amide bonds. The van der Waals surface area contributed by atoms with Crippen molar-refractivity contribution in [1.29, 1.82) is 0 Å². The minimum absolute atomic E-state index is 0.606. The third-order valence-corrected chi connectivity index (χ3v) is 6.26. The molecule has 0 spiro atoms. The van der Waals surface area contributed by atoms with Gasteiger partial charge in [0.2, 0.25) is 0 Å². The number of aromatic nitrogens is 3. The van der Waals surface area contributed by atoms with Gasteiger partial charge in [0, 0.05) is 36.1 Å². The van der Waals surface area contributed by atoms with E-state index in [1.54, 1.807) is 0 Å². The van der Waals surface area contributed by atoms with Gasteiger partial charge in [0.15, 0.2) is 5.82 Å². The first kappa shape index (κ1) is 16.7. The molecule has 9 heteroatoms. The number of hydrogen-bond acceptors (Lipinski definition) is 6. The first-order valence-corrected chi connectivity index (χ1v) is 10.2. The summed E-state index contributed by atoms with van der Waals surface area (Å²) in [4.78, 5) is 6.94. The lowest BCUT2D eigenvalue weighted by atomic mass is 9.99. The summed E-state index contributed by atoms with van der Waals surface area (Å²) >= 11 is 12.5. The molecule has 4 aliphatic heterocycles. The van der Waals surface area contributed by atoms with Crippen LogP contribution >= 0.6 is 23.2 Å². The van der Waals surface area contributed by atoms with Crippen molar-refractivity contribution in [1.82, 2.24) is 20.0 Å². The summed E-state index contributed by atoms with van der Waals surface area (Å²) in [5.74, 6) is 3.12. The minimum atomic E-state index is 0.606. The summed E-state index contributed by atoms with van der Waals surface area (Å²) < 4.78 is 7.70. The predicted molar refractivity (Wildman–Crippen MR) is 109 cm³/mol. The molecule has 0 atom stereocenters. The summed E-state index contributed by atoms with van der Waals surface area (Å²) in [6.07, 6.45) is 0.865.